The average Bonchev–Trinajstić information content (AvgIpc) is 2.60. The predicted octanol–water partition coefficient (Wildman–Crippen LogP) is -1.74. The smallest absolute Gasteiger partial charge is 0.548 e. The Kier molecular flexibility index (Phi) is 8.91. The number of hydrogen-bond donors (Lipinski definition) is 0. The molecule has 0 heterocycles. The molecule has 0 spiro atoms. The molecule has 2 aromatic rings. The first-order valence-corrected chi connectivity index (χ1v) is 7.30. The second-order valence-corrected chi connectivity index (χ2v) is 5.05. The molecule has 0 fully saturated rings. The van der Waals surface area contributed by atoms with Gasteiger partial charge in [0, 0.05) is 12.7 Å². The summed E-state index contributed by atoms with van der Waals surface area (Å²) >= 11 is 0. The maximum absolute atomic E-state index is 12.0. The zero-order chi connectivity index (χ0) is 17.4. The zero-order valence-corrected chi connectivity index (χ0v) is 16.2. The van der Waals surface area contributed by atoms with Crippen molar-refractivity contribution in [2.75, 3.05) is 18.5 Å². The molecule has 0 unspecified atom stereocenters. The van der Waals surface area contributed by atoms with E-state index in [1.807, 2.05) is 30.3 Å². The molecule has 0 N–H and O–H groups in total. The van der Waals surface area contributed by atoms with Crippen LogP contribution in [0.2, 0.25) is 0 Å². The standard InChI is InChI=1S/C18H18N2O4.Na/c1-20(13-19-11-17(21)22)16-9-7-15(8-10-16)18(23)24-12-14-5-3-2-4-6-14;/h2-10,13H,11-12H2,1H3,(H,21,22);/q;+1/p-1. The maximum atomic E-state index is 12.0. The molecule has 25 heavy (non-hydrogen) atoms. The second kappa shape index (κ2) is 10.7. The Morgan fingerprint density at radius 2 is 1.76 bits per heavy atom. The van der Waals surface area contributed by atoms with Crippen LogP contribution in [0, 0.1) is 0 Å². The molecule has 0 saturated carbocycles. The zero-order valence-electron chi connectivity index (χ0n) is 14.2. The van der Waals surface area contributed by atoms with Crippen molar-refractivity contribution in [2.24, 2.45) is 4.99 Å². The summed E-state index contributed by atoms with van der Waals surface area (Å²) in [7, 11) is 1.72. The SMILES string of the molecule is CN(C=NCC(=O)[O-])c1ccc(C(=O)OCc2ccccc2)cc1.[Na+]. The number of nitrogens with zero attached hydrogens (tertiary/aromatic N) is 2. The van der Waals surface area contributed by atoms with Crippen LogP contribution in [0.3, 0.4) is 0 Å². The maximum Gasteiger partial charge on any atom is 1.00 e. The van der Waals surface area contributed by atoms with Crippen molar-refractivity contribution < 1.29 is 49.0 Å². The van der Waals surface area contributed by atoms with Gasteiger partial charge in [-0.1, -0.05) is 30.3 Å². The van der Waals surface area contributed by atoms with Crippen molar-refractivity contribution in [1.82, 2.24) is 0 Å². The van der Waals surface area contributed by atoms with Crippen LogP contribution in [0.1, 0.15) is 15.9 Å². The van der Waals surface area contributed by atoms with E-state index in [2.05, 4.69) is 4.99 Å². The first-order valence-electron chi connectivity index (χ1n) is 7.30. The Labute approximate surface area is 168 Å². The van der Waals surface area contributed by atoms with Gasteiger partial charge in [-0.05, 0) is 29.8 Å². The number of esters is 1. The minimum Gasteiger partial charge on any atom is -0.548 e. The van der Waals surface area contributed by atoms with Gasteiger partial charge in [0.2, 0.25) is 0 Å². The van der Waals surface area contributed by atoms with Gasteiger partial charge < -0.3 is 19.5 Å². The minimum atomic E-state index is -1.24. The van der Waals surface area contributed by atoms with Gasteiger partial charge in [0.15, 0.2) is 0 Å². The molecule has 0 saturated heterocycles. The van der Waals surface area contributed by atoms with Gasteiger partial charge in [0.25, 0.3) is 0 Å². The number of carboxylic acids is 1. The van der Waals surface area contributed by atoms with Crippen LogP contribution in [-0.2, 0) is 16.1 Å². The van der Waals surface area contributed by atoms with Crippen molar-refractivity contribution >= 4 is 24.0 Å². The summed E-state index contributed by atoms with van der Waals surface area (Å²) in [5.41, 5.74) is 2.12. The number of carbonyl (C=O) groups is 2. The van der Waals surface area contributed by atoms with E-state index in [1.54, 1.807) is 36.2 Å². The molecule has 0 aliphatic heterocycles. The summed E-state index contributed by atoms with van der Waals surface area (Å²) in [6, 6.07) is 16.2. The third-order valence-corrected chi connectivity index (χ3v) is 3.20. The van der Waals surface area contributed by atoms with Crippen molar-refractivity contribution in [3.8, 4) is 0 Å². The van der Waals surface area contributed by atoms with E-state index in [4.69, 9.17) is 4.74 Å². The topological polar surface area (TPSA) is 82.0 Å². The van der Waals surface area contributed by atoms with Crippen LogP contribution < -0.4 is 39.6 Å². The molecule has 124 valence electrons. The molecular formula is C18H17N2NaO4. The Balaban J connectivity index is 0.00000312. The third-order valence-electron chi connectivity index (χ3n) is 3.20. The molecule has 7 heteroatoms. The van der Waals surface area contributed by atoms with E-state index in [0.29, 0.717) is 5.56 Å². The van der Waals surface area contributed by atoms with Crippen molar-refractivity contribution in [1.29, 1.82) is 0 Å². The summed E-state index contributed by atoms with van der Waals surface area (Å²) in [6.45, 7) is -0.175. The fraction of sp³-hybridized carbons (Fsp3) is 0.167. The summed E-state index contributed by atoms with van der Waals surface area (Å²) in [6.07, 6.45) is 1.39. The van der Waals surface area contributed by atoms with Crippen molar-refractivity contribution in [2.45, 2.75) is 6.61 Å². The third kappa shape index (κ3) is 7.09. The first-order chi connectivity index (χ1) is 11.6. The number of aliphatic imine (C=N–C) groups is 1. The van der Waals surface area contributed by atoms with Gasteiger partial charge in [0.05, 0.1) is 24.4 Å². The van der Waals surface area contributed by atoms with E-state index in [0.717, 1.165) is 11.3 Å². The number of ether oxygens (including phenoxy) is 1. The van der Waals surface area contributed by atoms with Crippen molar-refractivity contribution in [3.63, 3.8) is 0 Å². The Bertz CT molecular complexity index is 718. The molecule has 0 radical (unpaired) electrons. The number of aliphatic carboxylic acids is 1. The van der Waals surface area contributed by atoms with Crippen LogP contribution in [0.15, 0.2) is 59.6 Å². The monoisotopic (exact) mass is 348 g/mol. The molecule has 0 aliphatic rings. The Morgan fingerprint density at radius 3 is 2.36 bits per heavy atom. The normalized spacial score (nSPS) is 10.1. The van der Waals surface area contributed by atoms with Gasteiger partial charge in [-0.15, -0.1) is 0 Å². The van der Waals surface area contributed by atoms with E-state index in [-0.39, 0.29) is 36.2 Å². The minimum absolute atomic E-state index is 0. The Hall–Kier alpha value is -2.15. The number of rotatable bonds is 7. The number of hydrogen-bond acceptors (Lipinski definition) is 5. The summed E-state index contributed by atoms with van der Waals surface area (Å²) in [5.74, 6) is -1.64. The summed E-state index contributed by atoms with van der Waals surface area (Å²) in [4.78, 5) is 27.7. The van der Waals surface area contributed by atoms with Crippen LogP contribution in [0.4, 0.5) is 5.69 Å². The summed E-state index contributed by atoms with van der Waals surface area (Å²) in [5, 5.41) is 10.3. The predicted molar refractivity (Wildman–Crippen MR) is 88.8 cm³/mol. The molecule has 0 bridgehead atoms. The number of anilines is 1. The van der Waals surface area contributed by atoms with E-state index in [1.165, 1.54) is 6.34 Å². The molecule has 6 nitrogen and oxygen atoms in total. The van der Waals surface area contributed by atoms with Crippen LogP contribution in [0.5, 0.6) is 0 Å². The molecule has 0 atom stereocenters. The largest absolute Gasteiger partial charge is 1.00 e. The molecule has 2 aromatic carbocycles. The fourth-order valence-electron chi connectivity index (χ4n) is 1.94. The van der Waals surface area contributed by atoms with Crippen LogP contribution >= 0.6 is 0 Å². The van der Waals surface area contributed by atoms with E-state index >= 15 is 0 Å². The molecule has 0 amide bonds. The van der Waals surface area contributed by atoms with E-state index in [9.17, 15) is 14.7 Å². The molecular weight excluding hydrogens is 331 g/mol. The van der Waals surface area contributed by atoms with Gasteiger partial charge in [-0.25, -0.2) is 4.79 Å². The van der Waals surface area contributed by atoms with Crippen molar-refractivity contribution in [3.05, 3.63) is 65.7 Å². The van der Waals surface area contributed by atoms with Gasteiger partial charge >= 0.3 is 35.5 Å². The average molecular weight is 348 g/mol. The van der Waals surface area contributed by atoms with Gasteiger partial charge in [0.1, 0.15) is 6.61 Å². The van der Waals surface area contributed by atoms with Crippen LogP contribution in [0.25, 0.3) is 0 Å². The number of carbonyl (C=O) groups excluding carboxylic acids is 2. The molecule has 0 aromatic heterocycles. The molecule has 2 rings (SSSR count). The van der Waals surface area contributed by atoms with Gasteiger partial charge in [-0.3, -0.25) is 4.99 Å². The molecule has 0 aliphatic carbocycles. The second-order valence-electron chi connectivity index (χ2n) is 5.05. The number of carboxylic acid groups (broad SMARTS) is 1. The summed E-state index contributed by atoms with van der Waals surface area (Å²) < 4.78 is 5.25. The van der Waals surface area contributed by atoms with Crippen LogP contribution in [-0.4, -0.2) is 31.9 Å². The Morgan fingerprint density at radius 1 is 1.12 bits per heavy atom. The van der Waals surface area contributed by atoms with E-state index < -0.39 is 18.5 Å². The first kappa shape index (κ1) is 20.9. The fourth-order valence-corrected chi connectivity index (χ4v) is 1.94. The quantitative estimate of drug-likeness (QED) is 0.257. The number of benzene rings is 2. The van der Waals surface area contributed by atoms with Gasteiger partial charge in [-0.2, -0.15) is 0 Å².